The number of esters is 1. The highest BCUT2D eigenvalue weighted by atomic mass is 16.5. The summed E-state index contributed by atoms with van der Waals surface area (Å²) in [7, 11) is 0. The van der Waals surface area contributed by atoms with Gasteiger partial charge < -0.3 is 10.5 Å². The molecule has 0 saturated carbocycles. The van der Waals surface area contributed by atoms with Crippen LogP contribution in [-0.2, 0) is 4.74 Å². The van der Waals surface area contributed by atoms with Crippen LogP contribution in [0.5, 0.6) is 0 Å². The second kappa shape index (κ2) is 8.00. The molecule has 0 fully saturated rings. The van der Waals surface area contributed by atoms with Gasteiger partial charge in [0.25, 0.3) is 0 Å². The normalized spacial score (nSPS) is 8.80. The molecule has 0 radical (unpaired) electrons. The van der Waals surface area contributed by atoms with Gasteiger partial charge >= 0.3 is 5.97 Å². The van der Waals surface area contributed by atoms with E-state index >= 15 is 0 Å². The number of hydrogen-bond acceptors (Lipinski definition) is 3. The Balaban J connectivity index is 0.000000921. The second-order valence-corrected chi connectivity index (χ2v) is 2.79. The Morgan fingerprint density at radius 3 is 2.27 bits per heavy atom. The van der Waals surface area contributed by atoms with Crippen LogP contribution in [0.2, 0.25) is 0 Å². The van der Waals surface area contributed by atoms with Crippen LogP contribution in [0.1, 0.15) is 29.8 Å². The zero-order valence-corrected chi connectivity index (χ0v) is 9.62. The van der Waals surface area contributed by atoms with Crippen molar-refractivity contribution in [1.29, 1.82) is 0 Å². The van der Waals surface area contributed by atoms with E-state index in [1.807, 2.05) is 32.9 Å². The summed E-state index contributed by atoms with van der Waals surface area (Å²) >= 11 is 0. The Hall–Kier alpha value is -1.35. The lowest BCUT2D eigenvalue weighted by atomic mass is 10.1. The summed E-state index contributed by atoms with van der Waals surface area (Å²) in [6.07, 6.45) is 0. The fourth-order valence-corrected chi connectivity index (χ4v) is 0.925. The monoisotopic (exact) mass is 209 g/mol. The average Bonchev–Trinajstić information content (AvgIpc) is 2.29. The number of carbonyl (C=O) groups is 1. The van der Waals surface area contributed by atoms with Gasteiger partial charge in [-0.25, -0.2) is 4.79 Å². The summed E-state index contributed by atoms with van der Waals surface area (Å²) < 4.78 is 4.85. The maximum atomic E-state index is 11.2. The number of hydrogen-bond donors (Lipinski definition) is 1. The van der Waals surface area contributed by atoms with Gasteiger partial charge in [-0.2, -0.15) is 0 Å². The molecule has 0 heterocycles. The molecule has 0 aromatic heterocycles. The molecule has 2 N–H and O–H groups in total. The quantitative estimate of drug-likeness (QED) is 0.776. The molecule has 84 valence electrons. The Labute approximate surface area is 91.2 Å². The first kappa shape index (κ1) is 13.7. The molecule has 0 saturated heterocycles. The molecule has 0 atom stereocenters. The van der Waals surface area contributed by atoms with Crippen LogP contribution in [-0.4, -0.2) is 19.1 Å². The molecule has 0 aliphatic heterocycles. The van der Waals surface area contributed by atoms with Gasteiger partial charge in [0.2, 0.25) is 0 Å². The SMILES string of the molecule is CC.Cc1ccc(C(=O)OCCN)cc1. The molecule has 0 unspecified atom stereocenters. The summed E-state index contributed by atoms with van der Waals surface area (Å²) in [6, 6.07) is 7.24. The van der Waals surface area contributed by atoms with E-state index in [0.29, 0.717) is 12.1 Å². The van der Waals surface area contributed by atoms with Gasteiger partial charge in [-0.05, 0) is 19.1 Å². The lowest BCUT2D eigenvalue weighted by Gasteiger charge is -2.02. The van der Waals surface area contributed by atoms with Gasteiger partial charge in [-0.3, -0.25) is 0 Å². The van der Waals surface area contributed by atoms with Crippen molar-refractivity contribution in [3.05, 3.63) is 35.4 Å². The fourth-order valence-electron chi connectivity index (χ4n) is 0.925. The van der Waals surface area contributed by atoms with Gasteiger partial charge in [0.05, 0.1) is 5.56 Å². The van der Waals surface area contributed by atoms with Gasteiger partial charge in [0.15, 0.2) is 0 Å². The van der Waals surface area contributed by atoms with Crippen molar-refractivity contribution in [3.8, 4) is 0 Å². The molecule has 1 rings (SSSR count). The second-order valence-electron chi connectivity index (χ2n) is 2.79. The van der Waals surface area contributed by atoms with Crippen LogP contribution < -0.4 is 5.73 Å². The number of nitrogens with two attached hydrogens (primary N) is 1. The van der Waals surface area contributed by atoms with E-state index in [1.54, 1.807) is 12.1 Å². The van der Waals surface area contributed by atoms with E-state index in [9.17, 15) is 4.79 Å². The summed E-state index contributed by atoms with van der Waals surface area (Å²) in [6.45, 7) is 6.60. The first-order valence-corrected chi connectivity index (χ1v) is 5.18. The van der Waals surface area contributed by atoms with Crippen LogP contribution in [0.4, 0.5) is 0 Å². The molecular formula is C12H19NO2. The molecular weight excluding hydrogens is 190 g/mol. The minimum Gasteiger partial charge on any atom is -0.461 e. The first-order valence-electron chi connectivity index (χ1n) is 5.18. The van der Waals surface area contributed by atoms with Crippen molar-refractivity contribution in [2.45, 2.75) is 20.8 Å². The molecule has 1 aromatic rings. The topological polar surface area (TPSA) is 52.3 Å². The highest BCUT2D eigenvalue weighted by Crippen LogP contribution is 2.04. The predicted octanol–water partition coefficient (Wildman–Crippen LogP) is 2.14. The Bertz CT molecular complexity index is 280. The van der Waals surface area contributed by atoms with Crippen molar-refractivity contribution >= 4 is 5.97 Å². The number of ether oxygens (including phenoxy) is 1. The average molecular weight is 209 g/mol. The number of rotatable bonds is 3. The largest absolute Gasteiger partial charge is 0.461 e. The zero-order valence-electron chi connectivity index (χ0n) is 9.62. The van der Waals surface area contributed by atoms with Crippen LogP contribution in [0.3, 0.4) is 0 Å². The van der Waals surface area contributed by atoms with E-state index in [-0.39, 0.29) is 12.6 Å². The molecule has 3 nitrogen and oxygen atoms in total. The highest BCUT2D eigenvalue weighted by molar-refractivity contribution is 5.89. The molecule has 15 heavy (non-hydrogen) atoms. The van der Waals surface area contributed by atoms with Crippen molar-refractivity contribution in [1.82, 2.24) is 0 Å². The molecule has 0 amide bonds. The molecule has 1 aromatic carbocycles. The maximum Gasteiger partial charge on any atom is 0.338 e. The standard InChI is InChI=1S/C10H13NO2.C2H6/c1-8-2-4-9(5-3-8)10(12)13-7-6-11;1-2/h2-5H,6-7,11H2,1H3;1-2H3. The van der Waals surface area contributed by atoms with Crippen LogP contribution >= 0.6 is 0 Å². The van der Waals surface area contributed by atoms with Gasteiger partial charge in [0.1, 0.15) is 6.61 Å². The summed E-state index contributed by atoms with van der Waals surface area (Å²) in [5.74, 6) is -0.314. The van der Waals surface area contributed by atoms with Crippen molar-refractivity contribution in [2.24, 2.45) is 5.73 Å². The van der Waals surface area contributed by atoms with Crippen LogP contribution in [0.25, 0.3) is 0 Å². The Kier molecular flexibility index (Phi) is 7.28. The Morgan fingerprint density at radius 1 is 1.27 bits per heavy atom. The smallest absolute Gasteiger partial charge is 0.338 e. The predicted molar refractivity (Wildman–Crippen MR) is 61.9 cm³/mol. The minimum absolute atomic E-state index is 0.271. The first-order chi connectivity index (χ1) is 7.24. The summed E-state index contributed by atoms with van der Waals surface area (Å²) in [4.78, 5) is 11.2. The van der Waals surface area contributed by atoms with Gasteiger partial charge in [0, 0.05) is 6.54 Å². The summed E-state index contributed by atoms with van der Waals surface area (Å²) in [5, 5.41) is 0. The van der Waals surface area contributed by atoms with Crippen molar-refractivity contribution in [2.75, 3.05) is 13.2 Å². The van der Waals surface area contributed by atoms with E-state index < -0.39 is 0 Å². The van der Waals surface area contributed by atoms with Crippen LogP contribution in [0.15, 0.2) is 24.3 Å². The van der Waals surface area contributed by atoms with E-state index in [2.05, 4.69) is 0 Å². The lowest BCUT2D eigenvalue weighted by molar-refractivity contribution is 0.0517. The van der Waals surface area contributed by atoms with E-state index in [1.165, 1.54) is 0 Å². The van der Waals surface area contributed by atoms with Crippen molar-refractivity contribution in [3.63, 3.8) is 0 Å². The number of benzene rings is 1. The van der Waals surface area contributed by atoms with Crippen LogP contribution in [0, 0.1) is 6.92 Å². The highest BCUT2D eigenvalue weighted by Gasteiger charge is 2.04. The molecule has 3 heteroatoms. The third kappa shape index (κ3) is 5.18. The minimum atomic E-state index is -0.314. The maximum absolute atomic E-state index is 11.2. The zero-order chi connectivity index (χ0) is 11.7. The number of aryl methyl sites for hydroxylation is 1. The third-order valence-electron chi connectivity index (χ3n) is 1.64. The molecule has 0 aliphatic carbocycles. The van der Waals surface area contributed by atoms with Gasteiger partial charge in [-0.1, -0.05) is 31.5 Å². The Morgan fingerprint density at radius 2 is 1.80 bits per heavy atom. The molecule has 0 aliphatic rings. The fraction of sp³-hybridized carbons (Fsp3) is 0.417. The molecule has 0 spiro atoms. The lowest BCUT2D eigenvalue weighted by Crippen LogP contribution is -2.13. The third-order valence-corrected chi connectivity index (χ3v) is 1.64. The van der Waals surface area contributed by atoms with E-state index in [4.69, 9.17) is 10.5 Å². The van der Waals surface area contributed by atoms with Crippen molar-refractivity contribution < 1.29 is 9.53 Å². The van der Waals surface area contributed by atoms with Gasteiger partial charge in [-0.15, -0.1) is 0 Å². The number of carbonyl (C=O) groups excluding carboxylic acids is 1. The summed E-state index contributed by atoms with van der Waals surface area (Å²) in [5.41, 5.74) is 6.89. The van der Waals surface area contributed by atoms with E-state index in [0.717, 1.165) is 5.56 Å². The molecule has 0 bridgehead atoms.